The second kappa shape index (κ2) is 7.09. The van der Waals surface area contributed by atoms with Crippen LogP contribution in [0, 0.1) is 5.82 Å². The first kappa shape index (κ1) is 16.7. The van der Waals surface area contributed by atoms with Gasteiger partial charge in [0.25, 0.3) is 0 Å². The second-order valence-corrected chi connectivity index (χ2v) is 4.77. The molecule has 2 rings (SSSR count). The van der Waals surface area contributed by atoms with E-state index in [4.69, 9.17) is 0 Å². The van der Waals surface area contributed by atoms with Crippen LogP contribution in [0.4, 0.5) is 17.6 Å². The van der Waals surface area contributed by atoms with Crippen molar-refractivity contribution >= 4 is 12.0 Å². The van der Waals surface area contributed by atoms with Crippen molar-refractivity contribution in [2.24, 2.45) is 0 Å². The second-order valence-electron chi connectivity index (χ2n) is 4.77. The maximum atomic E-state index is 13.4. The summed E-state index contributed by atoms with van der Waals surface area (Å²) in [5.74, 6) is -0.986. The van der Waals surface area contributed by atoms with Crippen LogP contribution in [-0.4, -0.2) is 5.91 Å². The molecule has 0 unspecified atom stereocenters. The molecule has 2 aromatic carbocycles. The zero-order valence-electron chi connectivity index (χ0n) is 11.9. The van der Waals surface area contributed by atoms with Gasteiger partial charge >= 0.3 is 6.18 Å². The van der Waals surface area contributed by atoms with Crippen molar-refractivity contribution in [1.29, 1.82) is 0 Å². The smallest absolute Gasteiger partial charge is 0.348 e. The third kappa shape index (κ3) is 4.95. The lowest BCUT2D eigenvalue weighted by molar-refractivity contribution is -0.137. The van der Waals surface area contributed by atoms with Crippen molar-refractivity contribution < 1.29 is 22.4 Å². The zero-order chi connectivity index (χ0) is 16.9. The number of amides is 1. The zero-order valence-corrected chi connectivity index (χ0v) is 11.9. The summed E-state index contributed by atoms with van der Waals surface area (Å²) < 4.78 is 51.1. The van der Waals surface area contributed by atoms with E-state index in [1.807, 2.05) is 0 Å². The fourth-order valence-electron chi connectivity index (χ4n) is 1.88. The summed E-state index contributed by atoms with van der Waals surface area (Å²) in [6, 6.07) is 10.6. The van der Waals surface area contributed by atoms with Crippen molar-refractivity contribution in [3.05, 3.63) is 77.1 Å². The van der Waals surface area contributed by atoms with Gasteiger partial charge in [-0.15, -0.1) is 0 Å². The molecule has 0 saturated heterocycles. The quantitative estimate of drug-likeness (QED) is 0.664. The van der Waals surface area contributed by atoms with Gasteiger partial charge in [0.2, 0.25) is 5.91 Å². The third-order valence-corrected chi connectivity index (χ3v) is 3.04. The van der Waals surface area contributed by atoms with Crippen molar-refractivity contribution in [2.75, 3.05) is 0 Å². The normalized spacial score (nSPS) is 11.7. The van der Waals surface area contributed by atoms with Gasteiger partial charge < -0.3 is 5.32 Å². The Morgan fingerprint density at radius 2 is 1.83 bits per heavy atom. The summed E-state index contributed by atoms with van der Waals surface area (Å²) in [7, 11) is 0. The van der Waals surface area contributed by atoms with Crippen molar-refractivity contribution in [3.63, 3.8) is 0 Å². The highest BCUT2D eigenvalue weighted by Crippen LogP contribution is 2.29. The maximum absolute atomic E-state index is 13.4. The molecule has 1 N–H and O–H groups in total. The molecule has 1 amide bonds. The highest BCUT2D eigenvalue weighted by atomic mass is 19.4. The molecule has 0 aliphatic carbocycles. The van der Waals surface area contributed by atoms with Crippen LogP contribution in [0.2, 0.25) is 0 Å². The highest BCUT2D eigenvalue weighted by Gasteiger charge is 2.30. The van der Waals surface area contributed by atoms with Gasteiger partial charge in [0.15, 0.2) is 0 Å². The monoisotopic (exact) mass is 323 g/mol. The van der Waals surface area contributed by atoms with Crippen LogP contribution >= 0.6 is 0 Å². The maximum Gasteiger partial charge on any atom is 0.416 e. The van der Waals surface area contributed by atoms with Crippen molar-refractivity contribution in [2.45, 2.75) is 12.7 Å². The SMILES string of the molecule is O=C(/C=C/c1ccccc1F)NCc1cccc(C(F)(F)F)c1. The first-order valence-electron chi connectivity index (χ1n) is 6.73. The Kier molecular flexibility index (Phi) is 5.16. The Hall–Kier alpha value is -2.63. The average molecular weight is 323 g/mol. The molecule has 0 aromatic heterocycles. The molecular formula is C17H13F4NO. The lowest BCUT2D eigenvalue weighted by Crippen LogP contribution is -2.20. The summed E-state index contributed by atoms with van der Waals surface area (Å²) in [6.45, 7) is -0.0512. The minimum absolute atomic E-state index is 0.0512. The highest BCUT2D eigenvalue weighted by molar-refractivity contribution is 5.91. The van der Waals surface area contributed by atoms with E-state index < -0.39 is 23.5 Å². The minimum Gasteiger partial charge on any atom is -0.348 e. The summed E-state index contributed by atoms with van der Waals surface area (Å²) in [5.41, 5.74) is -0.194. The molecule has 0 bridgehead atoms. The van der Waals surface area contributed by atoms with Crippen LogP contribution in [0.1, 0.15) is 16.7 Å². The van der Waals surface area contributed by atoms with E-state index in [1.54, 1.807) is 6.07 Å². The Bertz CT molecular complexity index is 723. The van der Waals surface area contributed by atoms with E-state index in [2.05, 4.69) is 5.32 Å². The van der Waals surface area contributed by atoms with Gasteiger partial charge in [-0.1, -0.05) is 30.3 Å². The van der Waals surface area contributed by atoms with E-state index in [-0.39, 0.29) is 12.1 Å². The van der Waals surface area contributed by atoms with Crippen LogP contribution in [0.15, 0.2) is 54.6 Å². The first-order chi connectivity index (χ1) is 10.9. The van der Waals surface area contributed by atoms with E-state index in [1.165, 1.54) is 36.4 Å². The number of halogens is 4. The van der Waals surface area contributed by atoms with Crippen LogP contribution < -0.4 is 5.32 Å². The summed E-state index contributed by atoms with van der Waals surface area (Å²) in [4.78, 5) is 11.6. The predicted molar refractivity (Wildman–Crippen MR) is 78.7 cm³/mol. The first-order valence-corrected chi connectivity index (χ1v) is 6.73. The number of alkyl halides is 3. The summed E-state index contributed by atoms with van der Waals surface area (Å²) in [5, 5.41) is 2.45. The van der Waals surface area contributed by atoms with Gasteiger partial charge in [-0.3, -0.25) is 4.79 Å². The van der Waals surface area contributed by atoms with Gasteiger partial charge in [0.1, 0.15) is 5.82 Å². The molecular weight excluding hydrogens is 310 g/mol. The topological polar surface area (TPSA) is 29.1 Å². The molecule has 0 radical (unpaired) electrons. The predicted octanol–water partition coefficient (Wildman–Crippen LogP) is 4.17. The third-order valence-electron chi connectivity index (χ3n) is 3.04. The molecule has 0 heterocycles. The summed E-state index contributed by atoms with van der Waals surface area (Å²) >= 11 is 0. The molecule has 2 aromatic rings. The van der Waals surface area contributed by atoms with Crippen LogP contribution in [-0.2, 0) is 17.5 Å². The van der Waals surface area contributed by atoms with E-state index >= 15 is 0 Å². The number of hydrogen-bond donors (Lipinski definition) is 1. The van der Waals surface area contributed by atoms with Crippen LogP contribution in [0.25, 0.3) is 6.08 Å². The Morgan fingerprint density at radius 3 is 2.52 bits per heavy atom. The number of hydrogen-bond acceptors (Lipinski definition) is 1. The molecule has 23 heavy (non-hydrogen) atoms. The lowest BCUT2D eigenvalue weighted by Gasteiger charge is -2.09. The van der Waals surface area contributed by atoms with Crippen molar-refractivity contribution in [1.82, 2.24) is 5.32 Å². The minimum atomic E-state index is -4.43. The molecule has 2 nitrogen and oxygen atoms in total. The average Bonchev–Trinajstić information content (AvgIpc) is 2.51. The Morgan fingerprint density at radius 1 is 1.09 bits per heavy atom. The molecule has 6 heteroatoms. The Labute approximate surface area is 130 Å². The molecule has 0 saturated carbocycles. The lowest BCUT2D eigenvalue weighted by atomic mass is 10.1. The fourth-order valence-corrected chi connectivity index (χ4v) is 1.88. The van der Waals surface area contributed by atoms with E-state index in [0.717, 1.165) is 18.2 Å². The molecule has 0 aliphatic rings. The molecule has 0 spiro atoms. The van der Waals surface area contributed by atoms with Crippen LogP contribution in [0.5, 0.6) is 0 Å². The number of carbonyl (C=O) groups is 1. The molecule has 0 aliphatic heterocycles. The molecule has 120 valence electrons. The van der Waals surface area contributed by atoms with Crippen molar-refractivity contribution in [3.8, 4) is 0 Å². The number of rotatable bonds is 4. The van der Waals surface area contributed by atoms with Gasteiger partial charge in [-0.05, 0) is 29.8 Å². The van der Waals surface area contributed by atoms with Gasteiger partial charge in [-0.2, -0.15) is 13.2 Å². The summed E-state index contributed by atoms with van der Waals surface area (Å²) in [6.07, 6.45) is -1.99. The number of carbonyl (C=O) groups excluding carboxylic acids is 1. The van der Waals surface area contributed by atoms with E-state index in [0.29, 0.717) is 5.56 Å². The largest absolute Gasteiger partial charge is 0.416 e. The fraction of sp³-hybridized carbons (Fsp3) is 0.118. The van der Waals surface area contributed by atoms with Gasteiger partial charge in [0.05, 0.1) is 5.56 Å². The number of nitrogens with one attached hydrogen (secondary N) is 1. The molecule has 0 fully saturated rings. The van der Waals surface area contributed by atoms with Gasteiger partial charge in [-0.25, -0.2) is 4.39 Å². The standard InChI is InChI=1S/C17H13F4NO/c18-15-7-2-1-5-13(15)8-9-16(23)22-11-12-4-3-6-14(10-12)17(19,20)21/h1-10H,11H2,(H,22,23)/b9-8+. The van der Waals surface area contributed by atoms with Crippen LogP contribution in [0.3, 0.4) is 0 Å². The molecule has 0 atom stereocenters. The Balaban J connectivity index is 1.96. The van der Waals surface area contributed by atoms with E-state index in [9.17, 15) is 22.4 Å². The number of benzene rings is 2. The van der Waals surface area contributed by atoms with Gasteiger partial charge in [0, 0.05) is 18.2 Å².